The van der Waals surface area contributed by atoms with Gasteiger partial charge in [0.25, 0.3) is 11.8 Å². The number of amides is 2. The number of nitrogens with two attached hydrogens (primary N) is 2. The molecule has 0 aliphatic rings. The topological polar surface area (TPSA) is 212 Å². The minimum Gasteiger partial charge on any atom is -0.497 e. The van der Waals surface area contributed by atoms with Crippen molar-refractivity contribution in [3.8, 4) is 55.3 Å². The second kappa shape index (κ2) is 30.0. The Morgan fingerprint density at radius 1 is 0.646 bits per heavy atom. The quantitative estimate of drug-likeness (QED) is 0.0381. The fraction of sp³-hybridized carbons (Fsp3) is 0.291. The summed E-state index contributed by atoms with van der Waals surface area (Å²) in [4.78, 5) is 52.9. The number of ether oxygens (including phenoxy) is 4. The molecule has 0 bridgehead atoms. The number of carbonyl (C=O) groups is 3. The van der Waals surface area contributed by atoms with Crippen molar-refractivity contribution in [1.82, 2.24) is 19.9 Å². The first-order valence-electron chi connectivity index (χ1n) is 24.8. The number of primary amides is 2. The molecule has 79 heavy (non-hydrogen) atoms. The van der Waals surface area contributed by atoms with Gasteiger partial charge in [-0.1, -0.05) is 0 Å². The molecule has 4 aromatic carbocycles. The van der Waals surface area contributed by atoms with Crippen molar-refractivity contribution < 1.29 is 56.0 Å². The molecule has 8 aromatic rings. The van der Waals surface area contributed by atoms with Gasteiger partial charge >= 0.3 is 137 Å². The van der Waals surface area contributed by atoms with Crippen LogP contribution < -0.4 is 33.3 Å². The summed E-state index contributed by atoms with van der Waals surface area (Å²) >= 11 is 6.66. The number of thiazole rings is 4. The van der Waals surface area contributed by atoms with Gasteiger partial charge in [-0.2, -0.15) is 0 Å². The predicted octanol–water partition coefficient (Wildman–Crippen LogP) is 14.3. The minimum absolute atomic E-state index is 0.0554. The first-order chi connectivity index (χ1) is 38.0. The normalized spacial score (nSPS) is 11.0. The van der Waals surface area contributed by atoms with Crippen LogP contribution in [0.15, 0.2) is 94.5 Å². The van der Waals surface area contributed by atoms with Crippen LogP contribution in [0.25, 0.3) is 32.3 Å². The molecule has 8 rings (SSSR count). The number of hydrogen-bond acceptors (Lipinski definition) is 15. The van der Waals surface area contributed by atoms with E-state index < -0.39 is 70.6 Å². The smallest absolute Gasteiger partial charge is 0.254 e. The summed E-state index contributed by atoms with van der Waals surface area (Å²) in [6.07, 6.45) is 11.3. The fourth-order valence-corrected chi connectivity index (χ4v) is 31.0. The van der Waals surface area contributed by atoms with Gasteiger partial charge in [0, 0.05) is 17.3 Å². The predicted molar refractivity (Wildman–Crippen MR) is 309 cm³/mol. The van der Waals surface area contributed by atoms with Gasteiger partial charge in [-0.25, -0.2) is 27.5 Å². The van der Waals surface area contributed by atoms with E-state index in [0.29, 0.717) is 15.7 Å². The largest absolute Gasteiger partial charge is 0.497 e. The Kier molecular flexibility index (Phi) is 23.6. The number of unbranched alkanes of at least 4 members (excludes halogenated alkanes) is 3. The van der Waals surface area contributed by atoms with Crippen LogP contribution in [0.1, 0.15) is 99.8 Å². The van der Waals surface area contributed by atoms with Crippen molar-refractivity contribution >= 4 is 100 Å². The molecule has 0 atom stereocenters. The van der Waals surface area contributed by atoms with E-state index in [1.54, 1.807) is 25.9 Å². The van der Waals surface area contributed by atoms with E-state index in [1.807, 2.05) is 54.7 Å². The zero-order chi connectivity index (χ0) is 57.2. The van der Waals surface area contributed by atoms with Crippen molar-refractivity contribution in [3.63, 3.8) is 0 Å². The number of hydrogen-bond donors (Lipinski definition) is 3. The fourth-order valence-electron chi connectivity index (χ4n) is 8.13. The molecule has 14 nitrogen and oxygen atoms in total. The number of benzene rings is 4. The van der Waals surface area contributed by atoms with E-state index in [1.165, 1.54) is 100 Å². The molecular formula is C55H57BrF4N6O8S4Sn. The third-order valence-electron chi connectivity index (χ3n) is 12.2. The monoisotopic (exact) mass is 1330 g/mol. The van der Waals surface area contributed by atoms with E-state index in [9.17, 15) is 31.9 Å². The average Bonchev–Trinajstić information content (AvgIpc) is 4.34. The number of carboxylic acid groups (broad SMARTS) is 1. The van der Waals surface area contributed by atoms with Gasteiger partial charge in [0.05, 0.1) is 44.7 Å². The summed E-state index contributed by atoms with van der Waals surface area (Å²) in [7, 11) is 3.18. The molecule has 5 N–H and O–H groups in total. The van der Waals surface area contributed by atoms with E-state index >= 15 is 0 Å². The summed E-state index contributed by atoms with van der Waals surface area (Å²) < 4.78 is 83.3. The Hall–Kier alpha value is -5.99. The third kappa shape index (κ3) is 16.3. The summed E-state index contributed by atoms with van der Waals surface area (Å²) in [5.74, 6) is -6.73. The van der Waals surface area contributed by atoms with Crippen molar-refractivity contribution in [1.29, 1.82) is 0 Å². The van der Waals surface area contributed by atoms with Crippen molar-refractivity contribution in [2.75, 3.05) is 14.2 Å². The molecule has 0 fully saturated rings. The number of carboxylic acids is 1. The first kappa shape index (κ1) is 62.2. The standard InChI is InChI=1S/C21H15F2N3O3S2.C18H13BrF2N2O3S.C4H2NO2S.3C4H9.Sn/c1-28-12-4-2-11(3-5-12)19-20(15-8-25-10-30-15)31-16(26-19)9-29-14-7-6-13(22)17(18(14)23)21(24)27;1-25-10-4-2-9(3-5-10)16-17(19)27-13(23-16)8-26-12-7-6-11(20)14(15(12)21)18(22)24;6-4(7)3-5-1-2-8-3;3*1-3-4-2;/h2-8,10H,9H2,1H3,(H2,24,27);2-7H,8H2,1H3,(H2,22,24);1H,(H,6,7);3*1,3-4H2,2H3;. The van der Waals surface area contributed by atoms with Gasteiger partial charge < -0.3 is 30.4 Å². The molecule has 0 saturated heterocycles. The average molecular weight is 1330 g/mol. The maximum absolute atomic E-state index is 14.4. The van der Waals surface area contributed by atoms with E-state index in [0.717, 1.165) is 66.1 Å². The number of nitrogens with zero attached hydrogens (tertiary/aromatic N) is 4. The summed E-state index contributed by atoms with van der Waals surface area (Å²) in [5.41, 5.74) is 13.3. The Labute approximate surface area is 483 Å². The zero-order valence-electron chi connectivity index (χ0n) is 43.7. The molecule has 418 valence electrons. The Morgan fingerprint density at radius 2 is 1.11 bits per heavy atom. The number of halogens is 5. The summed E-state index contributed by atoms with van der Waals surface area (Å²) in [6, 6.07) is 18.9. The van der Waals surface area contributed by atoms with Gasteiger partial charge in [-0.05, 0) is 88.7 Å². The third-order valence-corrected chi connectivity index (χ3v) is 35.0. The van der Waals surface area contributed by atoms with Gasteiger partial charge in [0.2, 0.25) is 0 Å². The SMILES string of the molecule is CCC[CH2][Sn]([CH2]CCC)([CH2]CCC)[c]1cnc(C(=O)O)s1.COc1ccc(-c2nc(COc3ccc(F)c(C(N)=O)c3F)sc2-c2cncs2)cc1.COc1ccc(-c2nc(COc3ccc(F)c(C(N)=O)c3F)sc2Br)cc1. The van der Waals surface area contributed by atoms with Crippen LogP contribution in [0.4, 0.5) is 17.6 Å². The van der Waals surface area contributed by atoms with Crippen LogP contribution in [-0.4, -0.2) is 75.4 Å². The molecule has 2 amide bonds. The molecule has 4 aromatic heterocycles. The van der Waals surface area contributed by atoms with Gasteiger partial charge in [0.1, 0.15) is 57.5 Å². The van der Waals surface area contributed by atoms with Crippen molar-refractivity contribution in [2.45, 2.75) is 85.8 Å². The number of aromatic nitrogens is 4. The van der Waals surface area contributed by atoms with Crippen LogP contribution in [-0.2, 0) is 13.2 Å². The van der Waals surface area contributed by atoms with Gasteiger partial charge in [-0.3, -0.25) is 14.6 Å². The van der Waals surface area contributed by atoms with Crippen LogP contribution in [0, 0.1) is 23.3 Å². The maximum Gasteiger partial charge on any atom is 0.254 e. The van der Waals surface area contributed by atoms with Crippen LogP contribution in [0.3, 0.4) is 0 Å². The van der Waals surface area contributed by atoms with Crippen molar-refractivity contribution in [3.05, 3.63) is 144 Å². The molecule has 0 radical (unpaired) electrons. The molecule has 0 spiro atoms. The minimum atomic E-state index is -2.44. The molecule has 24 heteroatoms. The molecule has 0 saturated carbocycles. The molecule has 0 aliphatic heterocycles. The molecule has 0 unspecified atom stereocenters. The number of carbonyl (C=O) groups excluding carboxylic acids is 2. The summed E-state index contributed by atoms with van der Waals surface area (Å²) in [5, 5.41) is 10.6. The Morgan fingerprint density at radius 3 is 1.53 bits per heavy atom. The second-order valence-electron chi connectivity index (χ2n) is 17.5. The van der Waals surface area contributed by atoms with Crippen LogP contribution in [0.2, 0.25) is 13.3 Å². The van der Waals surface area contributed by atoms with Crippen LogP contribution in [0.5, 0.6) is 23.0 Å². The number of rotatable bonds is 24. The van der Waals surface area contributed by atoms with Crippen LogP contribution >= 0.6 is 61.3 Å². The molecule has 4 heterocycles. The molecular weight excluding hydrogens is 1280 g/mol. The van der Waals surface area contributed by atoms with E-state index in [2.05, 4.69) is 56.6 Å². The first-order valence-corrected chi connectivity index (χ1v) is 36.4. The van der Waals surface area contributed by atoms with Gasteiger partial charge in [-0.15, -0.1) is 34.0 Å². The Bertz CT molecular complexity index is 3290. The van der Waals surface area contributed by atoms with Crippen molar-refractivity contribution in [2.24, 2.45) is 11.5 Å². The maximum atomic E-state index is 14.4. The number of methoxy groups -OCH3 is 2. The second-order valence-corrected chi connectivity index (χ2v) is 37.1. The molecule has 0 aliphatic carbocycles. The van der Waals surface area contributed by atoms with E-state index in [4.69, 9.17) is 35.5 Å². The van der Waals surface area contributed by atoms with Gasteiger partial charge in [0.15, 0.2) is 23.1 Å². The zero-order valence-corrected chi connectivity index (χ0v) is 51.4. The van der Waals surface area contributed by atoms with E-state index in [-0.39, 0.29) is 29.7 Å². The number of aromatic carboxylic acids is 1. The Balaban J connectivity index is 0.000000195. The summed E-state index contributed by atoms with van der Waals surface area (Å²) in [6.45, 7) is 6.64.